The van der Waals surface area contributed by atoms with Crippen LogP contribution in [0.5, 0.6) is 17.2 Å². The number of nitrogens with zero attached hydrogens (tertiary/aromatic N) is 1. The fraction of sp³-hybridized carbons (Fsp3) is 0.240. The SMILES string of the molecule is CCOc1ccc(S(=O)(=O)N(CC(=O)NCc2ccc(OC)c(OC)c2)c2ccccc2)cc1. The van der Waals surface area contributed by atoms with E-state index in [1.807, 2.05) is 6.92 Å². The fourth-order valence-electron chi connectivity index (χ4n) is 3.29. The molecular weight excluding hydrogens is 456 g/mol. The molecule has 0 aliphatic carbocycles. The Kier molecular flexibility index (Phi) is 8.37. The molecule has 0 saturated carbocycles. The van der Waals surface area contributed by atoms with Crippen LogP contribution in [-0.4, -0.2) is 41.7 Å². The van der Waals surface area contributed by atoms with E-state index in [0.29, 0.717) is 29.5 Å². The highest BCUT2D eigenvalue weighted by Crippen LogP contribution is 2.28. The van der Waals surface area contributed by atoms with E-state index in [2.05, 4.69) is 5.32 Å². The maximum absolute atomic E-state index is 13.4. The van der Waals surface area contributed by atoms with Crippen molar-refractivity contribution < 1.29 is 27.4 Å². The standard InChI is InChI=1S/C25H28N2O6S/c1-4-33-21-11-13-22(14-12-21)34(29,30)27(20-8-6-5-7-9-20)18-25(28)26-17-19-10-15-23(31-2)24(16-19)32-3/h5-16H,4,17-18H2,1-3H3,(H,26,28). The highest BCUT2D eigenvalue weighted by Gasteiger charge is 2.27. The number of amides is 1. The smallest absolute Gasteiger partial charge is 0.264 e. The lowest BCUT2D eigenvalue weighted by Crippen LogP contribution is -2.40. The second-order valence-corrected chi connectivity index (χ2v) is 9.08. The van der Waals surface area contributed by atoms with Crippen LogP contribution in [0.1, 0.15) is 12.5 Å². The van der Waals surface area contributed by atoms with E-state index in [1.165, 1.54) is 19.2 Å². The van der Waals surface area contributed by atoms with Gasteiger partial charge in [0.25, 0.3) is 10.0 Å². The molecule has 3 rings (SSSR count). The summed E-state index contributed by atoms with van der Waals surface area (Å²) in [7, 11) is -0.928. The predicted molar refractivity (Wildman–Crippen MR) is 130 cm³/mol. The summed E-state index contributed by atoms with van der Waals surface area (Å²) in [6.45, 7) is 2.14. The van der Waals surface area contributed by atoms with Crippen molar-refractivity contribution in [1.82, 2.24) is 5.32 Å². The Morgan fingerprint density at radius 2 is 1.59 bits per heavy atom. The number of ether oxygens (including phenoxy) is 3. The number of hydrogen-bond acceptors (Lipinski definition) is 6. The van der Waals surface area contributed by atoms with Crippen LogP contribution < -0.4 is 23.8 Å². The lowest BCUT2D eigenvalue weighted by atomic mass is 10.2. The molecule has 0 aliphatic rings. The summed E-state index contributed by atoms with van der Waals surface area (Å²) < 4.78 is 43.9. The maximum atomic E-state index is 13.4. The van der Waals surface area contributed by atoms with Gasteiger partial charge in [-0.05, 0) is 61.0 Å². The third-order valence-corrected chi connectivity index (χ3v) is 6.78. The monoisotopic (exact) mass is 484 g/mol. The van der Waals surface area contributed by atoms with Gasteiger partial charge in [0.2, 0.25) is 5.91 Å². The maximum Gasteiger partial charge on any atom is 0.264 e. The Morgan fingerprint density at radius 3 is 2.21 bits per heavy atom. The van der Waals surface area contributed by atoms with E-state index in [4.69, 9.17) is 14.2 Å². The molecule has 180 valence electrons. The molecule has 0 aliphatic heterocycles. The summed E-state index contributed by atoms with van der Waals surface area (Å²) in [5.41, 5.74) is 1.17. The van der Waals surface area contributed by atoms with Crippen LogP contribution in [0.25, 0.3) is 0 Å². The number of para-hydroxylation sites is 1. The molecule has 0 aromatic heterocycles. The van der Waals surface area contributed by atoms with Crippen molar-refractivity contribution in [3.05, 3.63) is 78.4 Å². The average molecular weight is 485 g/mol. The molecule has 9 heteroatoms. The summed E-state index contributed by atoms with van der Waals surface area (Å²) in [6, 6.07) is 19.9. The Morgan fingerprint density at radius 1 is 0.912 bits per heavy atom. The zero-order valence-corrected chi connectivity index (χ0v) is 20.2. The predicted octanol–water partition coefficient (Wildman–Crippen LogP) is 3.61. The van der Waals surface area contributed by atoms with Crippen molar-refractivity contribution in [2.45, 2.75) is 18.4 Å². The molecule has 0 bridgehead atoms. The molecule has 1 amide bonds. The van der Waals surface area contributed by atoms with E-state index in [1.54, 1.807) is 67.8 Å². The first-order chi connectivity index (χ1) is 16.4. The van der Waals surface area contributed by atoms with Crippen LogP contribution in [0.4, 0.5) is 5.69 Å². The Bertz CT molecular complexity index is 1200. The topological polar surface area (TPSA) is 94.2 Å². The molecule has 0 spiro atoms. The minimum absolute atomic E-state index is 0.0625. The normalized spacial score (nSPS) is 10.9. The second-order valence-electron chi connectivity index (χ2n) is 7.22. The Balaban J connectivity index is 1.79. The van der Waals surface area contributed by atoms with Crippen molar-refractivity contribution in [2.24, 2.45) is 0 Å². The van der Waals surface area contributed by atoms with E-state index in [-0.39, 0.29) is 18.0 Å². The summed E-state index contributed by atoms with van der Waals surface area (Å²) in [5, 5.41) is 2.78. The number of rotatable bonds is 11. The van der Waals surface area contributed by atoms with Gasteiger partial charge in [-0.15, -0.1) is 0 Å². The summed E-state index contributed by atoms with van der Waals surface area (Å²) in [6.07, 6.45) is 0. The molecule has 0 heterocycles. The minimum Gasteiger partial charge on any atom is -0.494 e. The van der Waals surface area contributed by atoms with Gasteiger partial charge in [0.05, 0.1) is 31.4 Å². The number of methoxy groups -OCH3 is 2. The molecule has 34 heavy (non-hydrogen) atoms. The first kappa shape index (κ1) is 24.9. The van der Waals surface area contributed by atoms with Gasteiger partial charge in [-0.2, -0.15) is 0 Å². The van der Waals surface area contributed by atoms with Crippen LogP contribution in [0.3, 0.4) is 0 Å². The van der Waals surface area contributed by atoms with Crippen molar-refractivity contribution in [3.8, 4) is 17.2 Å². The van der Waals surface area contributed by atoms with Crippen LogP contribution >= 0.6 is 0 Å². The van der Waals surface area contributed by atoms with Gasteiger partial charge in [0.1, 0.15) is 12.3 Å². The molecule has 0 saturated heterocycles. The van der Waals surface area contributed by atoms with Gasteiger partial charge in [-0.1, -0.05) is 24.3 Å². The molecule has 3 aromatic rings. The lowest BCUT2D eigenvalue weighted by Gasteiger charge is -2.24. The van der Waals surface area contributed by atoms with Gasteiger partial charge in [0.15, 0.2) is 11.5 Å². The first-order valence-electron chi connectivity index (χ1n) is 10.7. The molecule has 8 nitrogen and oxygen atoms in total. The van der Waals surface area contributed by atoms with E-state index in [0.717, 1.165) is 9.87 Å². The first-order valence-corrected chi connectivity index (χ1v) is 12.1. The largest absolute Gasteiger partial charge is 0.494 e. The van der Waals surface area contributed by atoms with Crippen molar-refractivity contribution in [2.75, 3.05) is 31.7 Å². The molecule has 0 fully saturated rings. The summed E-state index contributed by atoms with van der Waals surface area (Å²) in [4.78, 5) is 12.9. The second kappa shape index (κ2) is 11.4. The highest BCUT2D eigenvalue weighted by molar-refractivity contribution is 7.92. The number of carbonyl (C=O) groups excluding carboxylic acids is 1. The average Bonchev–Trinajstić information content (AvgIpc) is 2.86. The van der Waals surface area contributed by atoms with Gasteiger partial charge in [0, 0.05) is 6.54 Å². The van der Waals surface area contributed by atoms with Crippen molar-refractivity contribution in [3.63, 3.8) is 0 Å². The van der Waals surface area contributed by atoms with Crippen molar-refractivity contribution in [1.29, 1.82) is 0 Å². The molecule has 1 N–H and O–H groups in total. The summed E-state index contributed by atoms with van der Waals surface area (Å²) >= 11 is 0. The zero-order valence-electron chi connectivity index (χ0n) is 19.4. The third kappa shape index (κ3) is 5.99. The number of benzene rings is 3. The van der Waals surface area contributed by atoms with E-state index < -0.39 is 15.9 Å². The van der Waals surface area contributed by atoms with E-state index >= 15 is 0 Å². The Hall–Kier alpha value is -3.72. The summed E-state index contributed by atoms with van der Waals surface area (Å²) in [5.74, 6) is 1.24. The number of anilines is 1. The van der Waals surface area contributed by atoms with E-state index in [9.17, 15) is 13.2 Å². The number of sulfonamides is 1. The Labute approximate surface area is 200 Å². The van der Waals surface area contributed by atoms with Crippen LogP contribution in [0, 0.1) is 0 Å². The van der Waals surface area contributed by atoms with Crippen LogP contribution in [-0.2, 0) is 21.4 Å². The van der Waals surface area contributed by atoms with Crippen molar-refractivity contribution >= 4 is 21.6 Å². The molecule has 0 radical (unpaired) electrons. The highest BCUT2D eigenvalue weighted by atomic mass is 32.2. The van der Waals surface area contributed by atoms with Gasteiger partial charge < -0.3 is 19.5 Å². The van der Waals surface area contributed by atoms with Gasteiger partial charge in [-0.25, -0.2) is 8.42 Å². The number of carbonyl (C=O) groups is 1. The zero-order chi connectivity index (χ0) is 24.6. The fourth-order valence-corrected chi connectivity index (χ4v) is 4.71. The minimum atomic E-state index is -4.00. The van der Waals surface area contributed by atoms with Crippen LogP contribution in [0.2, 0.25) is 0 Å². The molecular formula is C25H28N2O6S. The molecule has 0 atom stereocenters. The quantitative estimate of drug-likeness (QED) is 0.447. The molecule has 0 unspecified atom stereocenters. The molecule has 3 aromatic carbocycles. The lowest BCUT2D eigenvalue weighted by molar-refractivity contribution is -0.119. The van der Waals surface area contributed by atoms with Gasteiger partial charge in [-0.3, -0.25) is 9.10 Å². The number of nitrogens with one attached hydrogen (secondary N) is 1. The van der Waals surface area contributed by atoms with Gasteiger partial charge >= 0.3 is 0 Å². The van der Waals surface area contributed by atoms with Crippen LogP contribution in [0.15, 0.2) is 77.7 Å². The third-order valence-electron chi connectivity index (χ3n) is 4.99. The number of hydrogen-bond donors (Lipinski definition) is 1.